The van der Waals surface area contributed by atoms with Crippen molar-refractivity contribution in [3.63, 3.8) is 0 Å². The van der Waals surface area contributed by atoms with Crippen LogP contribution in [0, 0.1) is 0 Å². The molecule has 0 atom stereocenters. The molecule has 18 heavy (non-hydrogen) atoms. The van der Waals surface area contributed by atoms with Crippen molar-refractivity contribution in [1.82, 2.24) is 5.32 Å². The summed E-state index contributed by atoms with van der Waals surface area (Å²) in [6.45, 7) is 4.73. The van der Waals surface area contributed by atoms with Gasteiger partial charge in [0.1, 0.15) is 11.3 Å². The molecule has 0 spiro atoms. The average molecular weight is 251 g/mol. The summed E-state index contributed by atoms with van der Waals surface area (Å²) < 4.78 is 5.11. The third-order valence-corrected chi connectivity index (χ3v) is 2.51. The molecule has 0 bridgehead atoms. The number of nitrogens with one attached hydrogen (secondary N) is 1. The maximum atomic E-state index is 11.6. The minimum absolute atomic E-state index is 0.443. The Kier molecular flexibility index (Phi) is 4.31. The highest BCUT2D eigenvalue weighted by molar-refractivity contribution is 5.84. The molecule has 0 aliphatic carbocycles. The maximum absolute atomic E-state index is 11.6. The van der Waals surface area contributed by atoms with Gasteiger partial charge in [-0.3, -0.25) is 0 Å². The van der Waals surface area contributed by atoms with Gasteiger partial charge >= 0.3 is 12.1 Å². The summed E-state index contributed by atoms with van der Waals surface area (Å²) in [6, 6.07) is 7.13. The van der Waals surface area contributed by atoms with E-state index in [0.29, 0.717) is 5.75 Å². The van der Waals surface area contributed by atoms with Gasteiger partial charge in [-0.1, -0.05) is 25.1 Å². The second-order valence-corrected chi connectivity index (χ2v) is 4.41. The number of carboxylic acids is 1. The van der Waals surface area contributed by atoms with Crippen LogP contribution in [-0.2, 0) is 11.2 Å². The van der Waals surface area contributed by atoms with Gasteiger partial charge in [0.2, 0.25) is 0 Å². The Bertz CT molecular complexity index is 454. The Hall–Kier alpha value is -2.04. The lowest BCUT2D eigenvalue weighted by molar-refractivity contribution is -0.143. The zero-order chi connectivity index (χ0) is 13.8. The van der Waals surface area contributed by atoms with Crippen LogP contribution < -0.4 is 10.1 Å². The van der Waals surface area contributed by atoms with Gasteiger partial charge in [-0.15, -0.1) is 0 Å². The van der Waals surface area contributed by atoms with Crippen LogP contribution in [0.4, 0.5) is 4.79 Å². The van der Waals surface area contributed by atoms with Gasteiger partial charge in [-0.2, -0.15) is 0 Å². The second kappa shape index (κ2) is 5.53. The number of carbonyl (C=O) groups excluding carboxylic acids is 1. The molecule has 5 heteroatoms. The highest BCUT2D eigenvalue weighted by Crippen LogP contribution is 2.18. The van der Waals surface area contributed by atoms with Crippen molar-refractivity contribution in [1.29, 1.82) is 0 Å². The SMILES string of the molecule is CCc1ccccc1OC(=O)NC(C)(C)C(=O)O. The Morgan fingerprint density at radius 1 is 1.33 bits per heavy atom. The molecule has 1 aromatic rings. The molecule has 1 rings (SSSR count). The van der Waals surface area contributed by atoms with Crippen LogP contribution in [0.2, 0.25) is 0 Å². The van der Waals surface area contributed by atoms with Crippen molar-refractivity contribution in [2.75, 3.05) is 0 Å². The minimum atomic E-state index is -1.36. The normalized spacial score (nSPS) is 10.8. The van der Waals surface area contributed by atoms with Crippen molar-refractivity contribution in [2.45, 2.75) is 32.7 Å². The lowest BCUT2D eigenvalue weighted by Crippen LogP contribution is -2.50. The number of ether oxygens (including phenoxy) is 1. The number of rotatable bonds is 4. The summed E-state index contributed by atoms with van der Waals surface area (Å²) in [6.07, 6.45) is -0.0468. The number of aryl methyl sites for hydroxylation is 1. The number of hydrogen-bond acceptors (Lipinski definition) is 3. The number of para-hydroxylation sites is 1. The van der Waals surface area contributed by atoms with Gasteiger partial charge in [-0.05, 0) is 31.9 Å². The van der Waals surface area contributed by atoms with Crippen molar-refractivity contribution in [2.24, 2.45) is 0 Å². The highest BCUT2D eigenvalue weighted by atomic mass is 16.6. The first-order chi connectivity index (χ1) is 8.36. The molecule has 0 radical (unpaired) electrons. The number of benzene rings is 1. The number of hydrogen-bond donors (Lipinski definition) is 2. The fourth-order valence-electron chi connectivity index (χ4n) is 1.33. The molecule has 2 N–H and O–H groups in total. The van der Waals surface area contributed by atoms with Crippen molar-refractivity contribution in [3.05, 3.63) is 29.8 Å². The van der Waals surface area contributed by atoms with E-state index in [1.165, 1.54) is 13.8 Å². The Balaban J connectivity index is 2.74. The van der Waals surface area contributed by atoms with Gasteiger partial charge in [0.15, 0.2) is 0 Å². The van der Waals surface area contributed by atoms with Crippen molar-refractivity contribution >= 4 is 12.1 Å². The van der Waals surface area contributed by atoms with Crippen LogP contribution in [-0.4, -0.2) is 22.7 Å². The van der Waals surface area contributed by atoms with E-state index < -0.39 is 17.6 Å². The van der Waals surface area contributed by atoms with E-state index in [1.807, 2.05) is 19.1 Å². The molecule has 0 saturated carbocycles. The van der Waals surface area contributed by atoms with Crippen LogP contribution in [0.5, 0.6) is 5.75 Å². The molecular weight excluding hydrogens is 234 g/mol. The molecule has 0 heterocycles. The largest absolute Gasteiger partial charge is 0.480 e. The highest BCUT2D eigenvalue weighted by Gasteiger charge is 2.29. The van der Waals surface area contributed by atoms with Crippen LogP contribution >= 0.6 is 0 Å². The predicted octanol–water partition coefficient (Wildman–Crippen LogP) is 2.20. The fourth-order valence-corrected chi connectivity index (χ4v) is 1.33. The Morgan fingerprint density at radius 3 is 2.50 bits per heavy atom. The third-order valence-electron chi connectivity index (χ3n) is 2.51. The minimum Gasteiger partial charge on any atom is -0.480 e. The molecule has 5 nitrogen and oxygen atoms in total. The first-order valence-electron chi connectivity index (χ1n) is 5.68. The van der Waals surface area contributed by atoms with Crippen molar-refractivity contribution in [3.8, 4) is 5.75 Å². The Morgan fingerprint density at radius 2 is 1.94 bits per heavy atom. The number of carbonyl (C=O) groups is 2. The van der Waals surface area contributed by atoms with E-state index in [4.69, 9.17) is 9.84 Å². The van der Waals surface area contributed by atoms with Gasteiger partial charge in [0, 0.05) is 0 Å². The van der Waals surface area contributed by atoms with Gasteiger partial charge in [0.05, 0.1) is 0 Å². The quantitative estimate of drug-likeness (QED) is 0.860. The third kappa shape index (κ3) is 3.48. The first-order valence-corrected chi connectivity index (χ1v) is 5.68. The van der Waals surface area contributed by atoms with E-state index in [2.05, 4.69) is 5.32 Å². The molecule has 0 aromatic heterocycles. The van der Waals surface area contributed by atoms with E-state index in [1.54, 1.807) is 12.1 Å². The van der Waals surface area contributed by atoms with Crippen molar-refractivity contribution < 1.29 is 19.4 Å². The number of amides is 1. The summed E-state index contributed by atoms with van der Waals surface area (Å²) in [5.41, 5.74) is -0.473. The van der Waals surface area contributed by atoms with Gasteiger partial charge < -0.3 is 15.2 Å². The monoisotopic (exact) mass is 251 g/mol. The Labute approximate surface area is 106 Å². The van der Waals surface area contributed by atoms with Crippen LogP contribution in [0.3, 0.4) is 0 Å². The van der Waals surface area contributed by atoms with E-state index in [9.17, 15) is 9.59 Å². The zero-order valence-corrected chi connectivity index (χ0v) is 10.7. The first kappa shape index (κ1) is 14.0. The zero-order valence-electron chi connectivity index (χ0n) is 10.7. The van der Waals surface area contributed by atoms with E-state index in [0.717, 1.165) is 12.0 Å². The summed E-state index contributed by atoms with van der Waals surface area (Å²) >= 11 is 0. The predicted molar refractivity (Wildman–Crippen MR) is 66.7 cm³/mol. The lowest BCUT2D eigenvalue weighted by Gasteiger charge is -2.20. The summed E-state index contributed by atoms with van der Waals surface area (Å²) in [4.78, 5) is 22.5. The second-order valence-electron chi connectivity index (χ2n) is 4.41. The summed E-state index contributed by atoms with van der Waals surface area (Å²) in [5, 5.41) is 11.2. The molecule has 1 amide bonds. The average Bonchev–Trinajstić information content (AvgIpc) is 2.28. The topological polar surface area (TPSA) is 75.6 Å². The molecular formula is C13H17NO4. The molecule has 0 fully saturated rings. The molecule has 0 aliphatic rings. The fraction of sp³-hybridized carbons (Fsp3) is 0.385. The number of aliphatic carboxylic acids is 1. The van der Waals surface area contributed by atoms with Gasteiger partial charge in [-0.25, -0.2) is 9.59 Å². The standard InChI is InChI=1S/C13H17NO4/c1-4-9-7-5-6-8-10(9)18-12(17)14-13(2,3)11(15)16/h5-8H,4H2,1-3H3,(H,14,17)(H,15,16). The molecule has 1 aromatic carbocycles. The van der Waals surface area contributed by atoms with E-state index >= 15 is 0 Å². The smallest absolute Gasteiger partial charge is 0.413 e. The van der Waals surface area contributed by atoms with Crippen LogP contribution in [0.1, 0.15) is 26.3 Å². The van der Waals surface area contributed by atoms with Gasteiger partial charge in [0.25, 0.3) is 0 Å². The summed E-state index contributed by atoms with van der Waals surface area (Å²) in [5.74, 6) is -0.679. The molecule has 0 saturated heterocycles. The molecule has 0 unspecified atom stereocenters. The summed E-state index contributed by atoms with van der Waals surface area (Å²) in [7, 11) is 0. The van der Waals surface area contributed by atoms with Crippen LogP contribution in [0.15, 0.2) is 24.3 Å². The molecule has 98 valence electrons. The molecule has 0 aliphatic heterocycles. The maximum Gasteiger partial charge on any atom is 0.413 e. The van der Waals surface area contributed by atoms with E-state index in [-0.39, 0.29) is 0 Å². The lowest BCUT2D eigenvalue weighted by atomic mass is 10.1. The number of carboxylic acid groups (broad SMARTS) is 1. The van der Waals surface area contributed by atoms with Crippen LogP contribution in [0.25, 0.3) is 0 Å².